The zero-order chi connectivity index (χ0) is 18.8. The molecule has 0 spiro atoms. The second-order valence-corrected chi connectivity index (χ2v) is 7.42. The van der Waals surface area contributed by atoms with Crippen molar-refractivity contribution in [2.75, 3.05) is 13.1 Å². The fraction of sp³-hybridized carbons (Fsp3) is 0.381. The van der Waals surface area contributed by atoms with E-state index >= 15 is 0 Å². The quantitative estimate of drug-likeness (QED) is 0.765. The number of nitrogens with one attached hydrogen (secondary N) is 1. The van der Waals surface area contributed by atoms with Gasteiger partial charge in [0, 0.05) is 49.2 Å². The lowest BCUT2D eigenvalue weighted by molar-refractivity contribution is 0.0703. The molecule has 1 aliphatic heterocycles. The topological polar surface area (TPSA) is 66.8 Å². The third kappa shape index (κ3) is 3.52. The van der Waals surface area contributed by atoms with Crippen molar-refractivity contribution >= 4 is 5.91 Å². The summed E-state index contributed by atoms with van der Waals surface area (Å²) in [6, 6.07) is 10.0. The Morgan fingerprint density at radius 3 is 2.70 bits per heavy atom. The highest BCUT2D eigenvalue weighted by Gasteiger charge is 2.28. The SMILES string of the molecule is CC(C)n1ccnc1[C@@H]1CCCN(C(=O)c2ccc(-c3ccn[nH]3)cc2)C1. The third-order valence-corrected chi connectivity index (χ3v) is 5.27. The van der Waals surface area contributed by atoms with E-state index in [1.165, 1.54) is 0 Å². The average molecular weight is 363 g/mol. The van der Waals surface area contributed by atoms with Crippen LogP contribution in [0.5, 0.6) is 0 Å². The summed E-state index contributed by atoms with van der Waals surface area (Å²) in [5.41, 5.74) is 2.71. The summed E-state index contributed by atoms with van der Waals surface area (Å²) in [5.74, 6) is 1.49. The van der Waals surface area contributed by atoms with E-state index < -0.39 is 0 Å². The maximum Gasteiger partial charge on any atom is 0.253 e. The lowest BCUT2D eigenvalue weighted by atomic mass is 9.96. The van der Waals surface area contributed by atoms with Crippen molar-refractivity contribution in [1.82, 2.24) is 24.6 Å². The molecule has 0 saturated carbocycles. The van der Waals surface area contributed by atoms with Gasteiger partial charge >= 0.3 is 0 Å². The van der Waals surface area contributed by atoms with E-state index in [1.54, 1.807) is 6.20 Å². The molecule has 3 heterocycles. The first-order valence-electron chi connectivity index (χ1n) is 9.55. The van der Waals surface area contributed by atoms with Crippen LogP contribution in [0.15, 0.2) is 48.9 Å². The van der Waals surface area contributed by atoms with Crippen molar-refractivity contribution in [2.24, 2.45) is 0 Å². The van der Waals surface area contributed by atoms with Gasteiger partial charge in [0.2, 0.25) is 0 Å². The Kier molecular flexibility index (Phi) is 4.79. The van der Waals surface area contributed by atoms with Crippen LogP contribution >= 0.6 is 0 Å². The van der Waals surface area contributed by atoms with Crippen molar-refractivity contribution in [3.8, 4) is 11.3 Å². The molecule has 1 saturated heterocycles. The molecule has 0 unspecified atom stereocenters. The number of amides is 1. The highest BCUT2D eigenvalue weighted by Crippen LogP contribution is 2.28. The van der Waals surface area contributed by atoms with Crippen LogP contribution in [0, 0.1) is 0 Å². The lowest BCUT2D eigenvalue weighted by Crippen LogP contribution is -2.39. The number of carbonyl (C=O) groups is 1. The normalized spacial score (nSPS) is 17.4. The number of piperidine rings is 1. The van der Waals surface area contributed by atoms with Crippen molar-refractivity contribution in [2.45, 2.75) is 38.6 Å². The molecule has 1 amide bonds. The highest BCUT2D eigenvalue weighted by atomic mass is 16.2. The summed E-state index contributed by atoms with van der Waals surface area (Å²) >= 11 is 0. The van der Waals surface area contributed by atoms with Gasteiger partial charge in [0.15, 0.2) is 0 Å². The monoisotopic (exact) mass is 363 g/mol. The van der Waals surface area contributed by atoms with Crippen molar-refractivity contribution in [1.29, 1.82) is 0 Å². The number of aromatic amines is 1. The molecule has 0 bridgehead atoms. The fourth-order valence-corrected chi connectivity index (χ4v) is 3.84. The van der Waals surface area contributed by atoms with E-state index in [2.05, 4.69) is 33.6 Å². The Bertz CT molecular complexity index is 895. The zero-order valence-corrected chi connectivity index (χ0v) is 15.8. The number of imidazole rings is 1. The van der Waals surface area contributed by atoms with E-state index in [1.807, 2.05) is 47.6 Å². The zero-order valence-electron chi connectivity index (χ0n) is 15.8. The van der Waals surface area contributed by atoms with Crippen molar-refractivity contribution < 1.29 is 4.79 Å². The third-order valence-electron chi connectivity index (χ3n) is 5.27. The number of carbonyl (C=O) groups excluding carboxylic acids is 1. The van der Waals surface area contributed by atoms with Crippen LogP contribution in [0.1, 0.15) is 54.8 Å². The van der Waals surface area contributed by atoms with Crippen LogP contribution in [0.2, 0.25) is 0 Å². The minimum Gasteiger partial charge on any atom is -0.338 e. The number of H-pyrrole nitrogens is 1. The second kappa shape index (κ2) is 7.39. The molecule has 1 N–H and O–H groups in total. The standard InChI is InChI=1S/C21H25N5O/c1-15(2)26-13-11-22-20(26)18-4-3-12-25(14-18)21(27)17-7-5-16(6-8-17)19-9-10-23-24-19/h5-11,13,15,18H,3-4,12,14H2,1-2H3,(H,23,24)/t18-/m1/s1. The number of rotatable bonds is 4. The Morgan fingerprint density at radius 1 is 1.19 bits per heavy atom. The summed E-state index contributed by atoms with van der Waals surface area (Å²) in [5, 5.41) is 6.92. The maximum absolute atomic E-state index is 13.0. The van der Waals surface area contributed by atoms with Gasteiger partial charge in [0.05, 0.1) is 5.69 Å². The van der Waals surface area contributed by atoms with E-state index in [0.29, 0.717) is 12.0 Å². The van der Waals surface area contributed by atoms with E-state index in [-0.39, 0.29) is 5.91 Å². The molecule has 4 rings (SSSR count). The molecule has 6 heteroatoms. The number of benzene rings is 1. The van der Waals surface area contributed by atoms with Gasteiger partial charge in [-0.05, 0) is 50.5 Å². The summed E-state index contributed by atoms with van der Waals surface area (Å²) in [6.07, 6.45) is 7.71. The second-order valence-electron chi connectivity index (χ2n) is 7.42. The molecule has 1 aromatic carbocycles. The predicted octanol–water partition coefficient (Wildman–Crippen LogP) is 3.87. The first-order valence-corrected chi connectivity index (χ1v) is 9.55. The molecule has 1 aliphatic rings. The van der Waals surface area contributed by atoms with Crippen LogP contribution in [-0.4, -0.2) is 43.6 Å². The smallest absolute Gasteiger partial charge is 0.253 e. The molecule has 1 atom stereocenters. The van der Waals surface area contributed by atoms with Crippen molar-refractivity contribution in [3.05, 3.63) is 60.3 Å². The number of hydrogen-bond donors (Lipinski definition) is 1. The summed E-state index contributed by atoms with van der Waals surface area (Å²) < 4.78 is 2.22. The molecule has 0 aliphatic carbocycles. The van der Waals surface area contributed by atoms with Crippen LogP contribution in [0.3, 0.4) is 0 Å². The van der Waals surface area contributed by atoms with Crippen LogP contribution in [0.4, 0.5) is 0 Å². The molecule has 140 valence electrons. The molecular weight excluding hydrogens is 338 g/mol. The first kappa shape index (κ1) is 17.5. The minimum atomic E-state index is 0.0958. The van der Waals surface area contributed by atoms with Crippen LogP contribution in [-0.2, 0) is 0 Å². The lowest BCUT2D eigenvalue weighted by Gasteiger charge is -2.33. The highest BCUT2D eigenvalue weighted by molar-refractivity contribution is 5.94. The fourth-order valence-electron chi connectivity index (χ4n) is 3.84. The molecule has 1 fully saturated rings. The van der Waals surface area contributed by atoms with Gasteiger partial charge in [-0.2, -0.15) is 5.10 Å². The first-order chi connectivity index (χ1) is 13.1. The molecule has 6 nitrogen and oxygen atoms in total. The van der Waals surface area contributed by atoms with E-state index in [4.69, 9.17) is 0 Å². The Morgan fingerprint density at radius 2 is 2.00 bits per heavy atom. The van der Waals surface area contributed by atoms with Gasteiger partial charge in [0.1, 0.15) is 5.82 Å². The van der Waals surface area contributed by atoms with Gasteiger partial charge in [-0.15, -0.1) is 0 Å². The molecule has 27 heavy (non-hydrogen) atoms. The average Bonchev–Trinajstić information content (AvgIpc) is 3.39. The maximum atomic E-state index is 13.0. The Hall–Kier alpha value is -2.89. The van der Waals surface area contributed by atoms with Crippen LogP contribution in [0.25, 0.3) is 11.3 Å². The summed E-state index contributed by atoms with van der Waals surface area (Å²) in [7, 11) is 0. The van der Waals surface area contributed by atoms with Crippen molar-refractivity contribution in [3.63, 3.8) is 0 Å². The number of likely N-dealkylation sites (tertiary alicyclic amines) is 1. The van der Waals surface area contributed by atoms with Gasteiger partial charge in [-0.1, -0.05) is 12.1 Å². The van der Waals surface area contributed by atoms with Crippen LogP contribution < -0.4 is 0 Å². The van der Waals surface area contributed by atoms with E-state index in [0.717, 1.165) is 48.6 Å². The largest absolute Gasteiger partial charge is 0.338 e. The Balaban J connectivity index is 1.49. The molecule has 2 aromatic heterocycles. The van der Waals surface area contributed by atoms with Gasteiger partial charge in [-0.3, -0.25) is 9.89 Å². The van der Waals surface area contributed by atoms with Gasteiger partial charge in [-0.25, -0.2) is 4.98 Å². The summed E-state index contributed by atoms with van der Waals surface area (Å²) in [4.78, 5) is 19.6. The number of aromatic nitrogens is 4. The Labute approximate surface area is 159 Å². The number of nitrogens with zero attached hydrogens (tertiary/aromatic N) is 4. The summed E-state index contributed by atoms with van der Waals surface area (Å²) in [6.45, 7) is 5.86. The molecule has 3 aromatic rings. The predicted molar refractivity (Wildman–Crippen MR) is 105 cm³/mol. The number of hydrogen-bond acceptors (Lipinski definition) is 3. The van der Waals surface area contributed by atoms with E-state index in [9.17, 15) is 4.79 Å². The minimum absolute atomic E-state index is 0.0958. The molecule has 0 radical (unpaired) electrons. The van der Waals surface area contributed by atoms with Gasteiger partial charge < -0.3 is 9.47 Å². The molecular formula is C21H25N5O. The van der Waals surface area contributed by atoms with Gasteiger partial charge in [0.25, 0.3) is 5.91 Å².